The number of nitrogens with one attached hydrogen (secondary N) is 4. The van der Waals surface area contributed by atoms with Gasteiger partial charge in [-0.2, -0.15) is 0 Å². The van der Waals surface area contributed by atoms with Gasteiger partial charge in [-0.15, -0.1) is 0 Å². The molecule has 1 heterocycles. The summed E-state index contributed by atoms with van der Waals surface area (Å²) in [5.41, 5.74) is 3.31. The molecule has 10 nitrogen and oxygen atoms in total. The zero-order chi connectivity index (χ0) is 33.1. The van der Waals surface area contributed by atoms with Crippen LogP contribution < -0.4 is 20.7 Å². The number of amides is 2. The second-order valence-corrected chi connectivity index (χ2v) is 13.1. The van der Waals surface area contributed by atoms with Crippen molar-refractivity contribution in [2.24, 2.45) is 0 Å². The third-order valence-electron chi connectivity index (χ3n) is 8.14. The predicted octanol–water partition coefficient (Wildman–Crippen LogP) is 4.45. The average Bonchev–Trinajstić information content (AvgIpc) is 3.11. The van der Waals surface area contributed by atoms with Crippen LogP contribution in [0.3, 0.4) is 0 Å². The maximum atomic E-state index is 14.0. The molecule has 4 aromatic carbocycles. The third kappa shape index (κ3) is 9.26. The minimum absolute atomic E-state index is 0.0879. The van der Waals surface area contributed by atoms with Crippen molar-refractivity contribution < 1.29 is 27.5 Å². The highest BCUT2D eigenvalue weighted by Crippen LogP contribution is 2.30. The van der Waals surface area contributed by atoms with Crippen LogP contribution in [0.4, 0.5) is 10.5 Å². The number of ether oxygens (including phenoxy) is 2. The Morgan fingerprint density at radius 1 is 0.872 bits per heavy atom. The molecule has 0 aliphatic carbocycles. The number of benzene rings is 4. The number of hydrogen-bond donors (Lipinski definition) is 4. The molecule has 0 radical (unpaired) electrons. The van der Waals surface area contributed by atoms with Crippen LogP contribution in [0.1, 0.15) is 29.0 Å². The van der Waals surface area contributed by atoms with Gasteiger partial charge in [0.25, 0.3) is 0 Å². The fourth-order valence-corrected chi connectivity index (χ4v) is 6.75. The van der Waals surface area contributed by atoms with Crippen LogP contribution in [-0.4, -0.2) is 65.4 Å². The van der Waals surface area contributed by atoms with Crippen LogP contribution >= 0.6 is 0 Å². The summed E-state index contributed by atoms with van der Waals surface area (Å²) in [5, 5.41) is 9.23. The Labute approximate surface area is 275 Å². The van der Waals surface area contributed by atoms with Crippen LogP contribution in [-0.2, 0) is 30.7 Å². The number of rotatable bonds is 13. The van der Waals surface area contributed by atoms with E-state index in [4.69, 9.17) is 9.47 Å². The van der Waals surface area contributed by atoms with Crippen molar-refractivity contribution in [3.63, 3.8) is 0 Å². The van der Waals surface area contributed by atoms with Crippen molar-refractivity contribution >= 4 is 27.7 Å². The molecule has 0 aromatic heterocycles. The van der Waals surface area contributed by atoms with Gasteiger partial charge in [0.15, 0.2) is 0 Å². The van der Waals surface area contributed by atoms with Crippen LogP contribution in [0.15, 0.2) is 120 Å². The van der Waals surface area contributed by atoms with E-state index in [1.54, 1.807) is 30.3 Å². The largest absolute Gasteiger partial charge is 0.453 e. The summed E-state index contributed by atoms with van der Waals surface area (Å²) in [6, 6.07) is 33.9. The van der Waals surface area contributed by atoms with Crippen molar-refractivity contribution in [2.45, 2.75) is 41.8 Å². The SMILES string of the molecule is COC(=O)NC(C(=O)Nc1ccccc1CCC1CNC(CNS(=O)(=O)c2ccccc2)CO1)C(c1ccccc1)c1ccccc1. The first-order valence-electron chi connectivity index (χ1n) is 15.6. The Kier molecular flexibility index (Phi) is 11.7. The first kappa shape index (κ1) is 33.8. The smallest absolute Gasteiger partial charge is 0.407 e. The Hall–Kier alpha value is -4.55. The Morgan fingerprint density at radius 2 is 1.47 bits per heavy atom. The molecule has 2 amide bonds. The number of hydrogen-bond acceptors (Lipinski definition) is 7. The van der Waals surface area contributed by atoms with E-state index in [9.17, 15) is 18.0 Å². The quantitative estimate of drug-likeness (QED) is 0.167. The molecule has 0 spiro atoms. The standard InChI is InChI=1S/C36H40N4O6S/c1-45-36(42)40-34(33(27-14-5-2-6-15-27)28-16-7-3-8-17-28)35(41)39-32-20-12-11-13-26(32)21-22-30-24-37-29(25-46-30)23-38-47(43,44)31-18-9-4-10-19-31/h2-20,29-30,33-34,37-38H,21-25H2,1H3,(H,39,41)(H,40,42). The molecule has 0 saturated carbocycles. The highest BCUT2D eigenvalue weighted by atomic mass is 32.2. The van der Waals surface area contributed by atoms with Gasteiger partial charge in [0.1, 0.15) is 6.04 Å². The molecule has 47 heavy (non-hydrogen) atoms. The number of morpholine rings is 1. The number of carbonyl (C=O) groups excluding carboxylic acids is 2. The first-order valence-corrected chi connectivity index (χ1v) is 17.0. The summed E-state index contributed by atoms with van der Waals surface area (Å²) >= 11 is 0. The third-order valence-corrected chi connectivity index (χ3v) is 9.58. The number of aryl methyl sites for hydroxylation is 1. The number of methoxy groups -OCH3 is 1. The summed E-state index contributed by atoms with van der Waals surface area (Å²) in [4.78, 5) is 26.7. The van der Waals surface area contributed by atoms with E-state index >= 15 is 0 Å². The molecule has 0 bridgehead atoms. The molecule has 4 aromatic rings. The lowest BCUT2D eigenvalue weighted by Crippen LogP contribution is -2.51. The zero-order valence-corrected chi connectivity index (χ0v) is 27.0. The fourth-order valence-electron chi connectivity index (χ4n) is 5.65. The van der Waals surface area contributed by atoms with E-state index in [-0.39, 0.29) is 29.5 Å². The summed E-state index contributed by atoms with van der Waals surface area (Å²) in [5.74, 6) is -0.854. The highest BCUT2D eigenvalue weighted by molar-refractivity contribution is 7.89. The Bertz CT molecular complexity index is 1660. The van der Waals surface area contributed by atoms with Crippen molar-refractivity contribution in [1.82, 2.24) is 15.4 Å². The minimum atomic E-state index is -3.60. The van der Waals surface area contributed by atoms with Gasteiger partial charge in [-0.3, -0.25) is 4.79 Å². The van der Waals surface area contributed by atoms with Gasteiger partial charge in [-0.05, 0) is 47.7 Å². The number of carbonyl (C=O) groups is 2. The number of sulfonamides is 1. The molecule has 5 rings (SSSR count). The van der Waals surface area contributed by atoms with Crippen LogP contribution in [0.25, 0.3) is 0 Å². The lowest BCUT2D eigenvalue weighted by molar-refractivity contribution is -0.118. The van der Waals surface area contributed by atoms with E-state index in [0.717, 1.165) is 16.7 Å². The fraction of sp³-hybridized carbons (Fsp3) is 0.278. The molecule has 1 saturated heterocycles. The second-order valence-electron chi connectivity index (χ2n) is 11.3. The molecule has 1 aliphatic rings. The Morgan fingerprint density at radius 3 is 2.06 bits per heavy atom. The molecule has 4 N–H and O–H groups in total. The molecular weight excluding hydrogens is 616 g/mol. The van der Waals surface area contributed by atoms with Crippen LogP contribution in [0.5, 0.6) is 0 Å². The van der Waals surface area contributed by atoms with E-state index in [2.05, 4.69) is 20.7 Å². The van der Waals surface area contributed by atoms with E-state index in [0.29, 0.717) is 31.7 Å². The van der Waals surface area contributed by atoms with Crippen LogP contribution in [0, 0.1) is 0 Å². The van der Waals surface area contributed by atoms with Crippen LogP contribution in [0.2, 0.25) is 0 Å². The van der Waals surface area contributed by atoms with E-state index in [1.807, 2.05) is 84.9 Å². The normalized spacial score (nSPS) is 17.1. The summed E-state index contributed by atoms with van der Waals surface area (Å²) in [6.45, 7) is 1.14. The second kappa shape index (κ2) is 16.3. The maximum Gasteiger partial charge on any atom is 0.407 e. The van der Waals surface area contributed by atoms with Crippen molar-refractivity contribution in [2.75, 3.05) is 32.1 Å². The summed E-state index contributed by atoms with van der Waals surface area (Å²) < 4.78 is 38.8. The zero-order valence-electron chi connectivity index (χ0n) is 26.2. The van der Waals surface area contributed by atoms with Gasteiger partial charge >= 0.3 is 6.09 Å². The van der Waals surface area contributed by atoms with Gasteiger partial charge in [-0.1, -0.05) is 97.1 Å². The van der Waals surface area contributed by atoms with Crippen molar-refractivity contribution in [3.05, 3.63) is 132 Å². The maximum absolute atomic E-state index is 14.0. The molecule has 1 fully saturated rings. The molecule has 1 aliphatic heterocycles. The number of alkyl carbamates (subject to hydrolysis) is 1. The number of anilines is 1. The van der Waals surface area contributed by atoms with Gasteiger partial charge < -0.3 is 25.4 Å². The minimum Gasteiger partial charge on any atom is -0.453 e. The van der Waals surface area contributed by atoms with Gasteiger partial charge in [0.2, 0.25) is 15.9 Å². The molecular formula is C36H40N4O6S. The Balaban J connectivity index is 1.22. The monoisotopic (exact) mass is 656 g/mol. The first-order chi connectivity index (χ1) is 22.8. The van der Waals surface area contributed by atoms with Crippen molar-refractivity contribution in [1.29, 1.82) is 0 Å². The lowest BCUT2D eigenvalue weighted by Gasteiger charge is -2.31. The molecule has 11 heteroatoms. The van der Waals surface area contributed by atoms with Gasteiger partial charge in [0.05, 0.1) is 24.7 Å². The highest BCUT2D eigenvalue weighted by Gasteiger charge is 2.33. The average molecular weight is 657 g/mol. The lowest BCUT2D eigenvalue weighted by atomic mass is 9.84. The molecule has 3 atom stereocenters. The molecule has 3 unspecified atom stereocenters. The van der Waals surface area contributed by atoms with E-state index < -0.39 is 28.1 Å². The molecule has 246 valence electrons. The number of para-hydroxylation sites is 1. The van der Waals surface area contributed by atoms with Gasteiger partial charge in [0, 0.05) is 30.7 Å². The summed E-state index contributed by atoms with van der Waals surface area (Å²) in [6.07, 6.45) is 0.519. The van der Waals surface area contributed by atoms with E-state index in [1.165, 1.54) is 7.11 Å². The predicted molar refractivity (Wildman–Crippen MR) is 181 cm³/mol. The summed E-state index contributed by atoms with van der Waals surface area (Å²) in [7, 11) is -2.33. The topological polar surface area (TPSA) is 135 Å². The van der Waals surface area contributed by atoms with Gasteiger partial charge in [-0.25, -0.2) is 17.9 Å². The van der Waals surface area contributed by atoms with Crippen molar-refractivity contribution in [3.8, 4) is 0 Å².